The molecular weight excluding hydrogens is 396 g/mol. The Balaban J connectivity index is 1.41. The summed E-state index contributed by atoms with van der Waals surface area (Å²) in [5, 5.41) is 0.614. The highest BCUT2D eigenvalue weighted by atomic mass is 32.2. The van der Waals surface area contributed by atoms with Crippen LogP contribution in [0.15, 0.2) is 47.4 Å². The van der Waals surface area contributed by atoms with E-state index < -0.39 is 10.0 Å². The van der Waals surface area contributed by atoms with Crippen LogP contribution >= 0.6 is 11.3 Å². The van der Waals surface area contributed by atoms with Gasteiger partial charge in [-0.25, -0.2) is 13.4 Å². The number of rotatable bonds is 5. The summed E-state index contributed by atoms with van der Waals surface area (Å²) in [6.07, 6.45) is 1.25. The van der Waals surface area contributed by atoms with Crippen molar-refractivity contribution < 1.29 is 17.9 Å². The van der Waals surface area contributed by atoms with Gasteiger partial charge in [-0.15, -0.1) is 0 Å². The van der Waals surface area contributed by atoms with Crippen LogP contribution in [-0.4, -0.2) is 44.0 Å². The van der Waals surface area contributed by atoms with Crippen molar-refractivity contribution in [1.82, 2.24) is 9.29 Å². The molecule has 6 nitrogen and oxygen atoms in total. The first-order valence-electron chi connectivity index (χ1n) is 9.14. The number of methoxy groups -OCH3 is 1. The van der Waals surface area contributed by atoms with Gasteiger partial charge in [0.25, 0.3) is 5.19 Å². The van der Waals surface area contributed by atoms with Crippen LogP contribution < -0.4 is 9.47 Å². The quantitative estimate of drug-likeness (QED) is 0.630. The van der Waals surface area contributed by atoms with E-state index in [0.717, 1.165) is 21.5 Å². The predicted molar refractivity (Wildman–Crippen MR) is 110 cm³/mol. The molecule has 1 aliphatic heterocycles. The SMILES string of the molecule is COc1ccc2nc(OC3CCN(S(=O)(=O)c4ccc(C)cc4)CC3)sc2c1. The van der Waals surface area contributed by atoms with E-state index in [0.29, 0.717) is 36.0 Å². The summed E-state index contributed by atoms with van der Waals surface area (Å²) >= 11 is 1.48. The molecule has 4 rings (SSSR count). The van der Waals surface area contributed by atoms with Gasteiger partial charge in [-0.3, -0.25) is 0 Å². The second-order valence-electron chi connectivity index (χ2n) is 6.85. The number of aryl methyl sites for hydroxylation is 1. The molecule has 0 unspecified atom stereocenters. The summed E-state index contributed by atoms with van der Waals surface area (Å²) in [6, 6.07) is 12.7. The Morgan fingerprint density at radius 3 is 2.50 bits per heavy atom. The maximum absolute atomic E-state index is 12.8. The lowest BCUT2D eigenvalue weighted by atomic mass is 10.1. The Morgan fingerprint density at radius 2 is 1.82 bits per heavy atom. The Labute approximate surface area is 168 Å². The first-order valence-corrected chi connectivity index (χ1v) is 11.4. The molecule has 0 N–H and O–H groups in total. The van der Waals surface area contributed by atoms with Crippen molar-refractivity contribution in [2.45, 2.75) is 30.8 Å². The van der Waals surface area contributed by atoms with Gasteiger partial charge in [0.1, 0.15) is 11.9 Å². The van der Waals surface area contributed by atoms with E-state index in [1.807, 2.05) is 37.3 Å². The van der Waals surface area contributed by atoms with Gasteiger partial charge in [0.15, 0.2) is 0 Å². The van der Waals surface area contributed by atoms with E-state index in [-0.39, 0.29) is 6.10 Å². The smallest absolute Gasteiger partial charge is 0.274 e. The summed E-state index contributed by atoms with van der Waals surface area (Å²) in [6.45, 7) is 2.83. The Bertz CT molecular complexity index is 1070. The molecule has 0 amide bonds. The summed E-state index contributed by atoms with van der Waals surface area (Å²) in [4.78, 5) is 4.86. The van der Waals surface area contributed by atoms with E-state index in [1.54, 1.807) is 23.5 Å². The molecular formula is C20H22N2O4S2. The molecule has 0 spiro atoms. The molecule has 1 saturated heterocycles. The summed E-state index contributed by atoms with van der Waals surface area (Å²) in [5.74, 6) is 0.789. The molecule has 0 aliphatic carbocycles. The molecule has 0 saturated carbocycles. The standard InChI is InChI=1S/C20H22N2O4S2/c1-14-3-6-17(7-4-14)28(23,24)22-11-9-15(10-12-22)26-20-21-18-8-5-16(25-2)13-19(18)27-20/h3-8,13,15H,9-12H2,1-2H3. The van der Waals surface area contributed by atoms with Crippen molar-refractivity contribution >= 4 is 31.6 Å². The maximum atomic E-state index is 12.8. The lowest BCUT2D eigenvalue weighted by Crippen LogP contribution is -2.41. The van der Waals surface area contributed by atoms with Crippen LogP contribution in [0, 0.1) is 6.92 Å². The fourth-order valence-corrected chi connectivity index (χ4v) is 5.63. The van der Waals surface area contributed by atoms with E-state index in [9.17, 15) is 8.42 Å². The third-order valence-electron chi connectivity index (χ3n) is 4.90. The van der Waals surface area contributed by atoms with Gasteiger partial charge in [0.05, 0.1) is 22.2 Å². The average Bonchev–Trinajstić information content (AvgIpc) is 3.10. The minimum atomic E-state index is -3.45. The lowest BCUT2D eigenvalue weighted by Gasteiger charge is -2.30. The van der Waals surface area contributed by atoms with Crippen LogP contribution in [-0.2, 0) is 10.0 Å². The van der Waals surface area contributed by atoms with Crippen molar-refractivity contribution in [3.63, 3.8) is 0 Å². The van der Waals surface area contributed by atoms with Gasteiger partial charge >= 0.3 is 0 Å². The van der Waals surface area contributed by atoms with Crippen LogP contribution in [0.4, 0.5) is 0 Å². The number of ether oxygens (including phenoxy) is 2. The fourth-order valence-electron chi connectivity index (χ4n) is 3.25. The summed E-state index contributed by atoms with van der Waals surface area (Å²) < 4.78 is 39.4. The van der Waals surface area contributed by atoms with Gasteiger partial charge in [-0.05, 0) is 50.1 Å². The van der Waals surface area contributed by atoms with Crippen LogP contribution in [0.5, 0.6) is 10.9 Å². The zero-order chi connectivity index (χ0) is 19.7. The second kappa shape index (κ2) is 7.69. The molecule has 2 heterocycles. The zero-order valence-corrected chi connectivity index (χ0v) is 17.4. The maximum Gasteiger partial charge on any atom is 0.274 e. The number of hydrogen-bond donors (Lipinski definition) is 0. The van der Waals surface area contributed by atoms with Crippen LogP contribution in [0.25, 0.3) is 10.2 Å². The third kappa shape index (κ3) is 3.85. The molecule has 148 valence electrons. The molecule has 2 aromatic carbocycles. The van der Waals surface area contributed by atoms with Crippen molar-refractivity contribution in [2.75, 3.05) is 20.2 Å². The number of benzene rings is 2. The monoisotopic (exact) mass is 418 g/mol. The highest BCUT2D eigenvalue weighted by molar-refractivity contribution is 7.89. The molecule has 8 heteroatoms. The minimum Gasteiger partial charge on any atom is -0.497 e. The molecule has 1 fully saturated rings. The average molecular weight is 419 g/mol. The number of sulfonamides is 1. The minimum absolute atomic E-state index is 0.0353. The van der Waals surface area contributed by atoms with E-state index in [2.05, 4.69) is 4.98 Å². The number of thiazole rings is 1. The number of nitrogens with zero attached hydrogens (tertiary/aromatic N) is 2. The zero-order valence-electron chi connectivity index (χ0n) is 15.8. The van der Waals surface area contributed by atoms with E-state index >= 15 is 0 Å². The molecule has 1 aliphatic rings. The molecule has 0 radical (unpaired) electrons. The Morgan fingerprint density at radius 1 is 1.11 bits per heavy atom. The number of fused-ring (bicyclic) bond motifs is 1. The van der Waals surface area contributed by atoms with Gasteiger partial charge in [-0.1, -0.05) is 29.0 Å². The van der Waals surface area contributed by atoms with Gasteiger partial charge in [0, 0.05) is 13.1 Å². The summed E-state index contributed by atoms with van der Waals surface area (Å²) in [5.41, 5.74) is 1.92. The molecule has 3 aromatic rings. The molecule has 0 atom stereocenters. The van der Waals surface area contributed by atoms with Crippen LogP contribution in [0.3, 0.4) is 0 Å². The molecule has 28 heavy (non-hydrogen) atoms. The van der Waals surface area contributed by atoms with Gasteiger partial charge < -0.3 is 9.47 Å². The molecule has 0 bridgehead atoms. The highest BCUT2D eigenvalue weighted by Crippen LogP contribution is 2.32. The first-order chi connectivity index (χ1) is 13.5. The number of hydrogen-bond acceptors (Lipinski definition) is 6. The van der Waals surface area contributed by atoms with E-state index in [4.69, 9.17) is 9.47 Å². The van der Waals surface area contributed by atoms with E-state index in [1.165, 1.54) is 11.3 Å². The number of aromatic nitrogens is 1. The fraction of sp³-hybridized carbons (Fsp3) is 0.350. The van der Waals surface area contributed by atoms with Crippen molar-refractivity contribution in [3.8, 4) is 10.9 Å². The predicted octanol–water partition coefficient (Wildman–Crippen LogP) is 3.85. The van der Waals surface area contributed by atoms with Gasteiger partial charge in [-0.2, -0.15) is 4.31 Å². The van der Waals surface area contributed by atoms with Crippen LogP contribution in [0.1, 0.15) is 18.4 Å². The van der Waals surface area contributed by atoms with Gasteiger partial charge in [0.2, 0.25) is 10.0 Å². The molecule has 1 aromatic heterocycles. The van der Waals surface area contributed by atoms with Crippen LogP contribution in [0.2, 0.25) is 0 Å². The highest BCUT2D eigenvalue weighted by Gasteiger charge is 2.30. The van der Waals surface area contributed by atoms with Crippen molar-refractivity contribution in [3.05, 3.63) is 48.0 Å². The topological polar surface area (TPSA) is 68.7 Å². The first kappa shape index (κ1) is 19.2. The Kier molecular flexibility index (Phi) is 5.27. The Hall–Kier alpha value is -2.16. The lowest BCUT2D eigenvalue weighted by molar-refractivity contribution is 0.135. The van der Waals surface area contributed by atoms with Crippen molar-refractivity contribution in [2.24, 2.45) is 0 Å². The summed E-state index contributed by atoms with van der Waals surface area (Å²) in [7, 11) is -1.82. The third-order valence-corrected chi connectivity index (χ3v) is 7.73. The number of piperidine rings is 1. The normalized spacial score (nSPS) is 16.4. The largest absolute Gasteiger partial charge is 0.497 e. The van der Waals surface area contributed by atoms with Crippen molar-refractivity contribution in [1.29, 1.82) is 0 Å². The second-order valence-corrected chi connectivity index (χ2v) is 9.78.